The predicted molar refractivity (Wildman–Crippen MR) is 67.7 cm³/mol. The van der Waals surface area contributed by atoms with Gasteiger partial charge in [0, 0.05) is 39.3 Å². The van der Waals surface area contributed by atoms with Crippen molar-refractivity contribution in [3.8, 4) is 0 Å². The van der Waals surface area contributed by atoms with Gasteiger partial charge >= 0.3 is 5.69 Å². The summed E-state index contributed by atoms with van der Waals surface area (Å²) < 4.78 is 0. The Hall–Kier alpha value is -1.89. The molecule has 0 atom stereocenters. The van der Waals surface area contributed by atoms with E-state index < -0.39 is 4.92 Å². The van der Waals surface area contributed by atoms with Gasteiger partial charge in [0.05, 0.1) is 9.95 Å². The maximum atomic E-state index is 11.3. The van der Waals surface area contributed by atoms with Crippen molar-refractivity contribution < 1.29 is 9.72 Å². The van der Waals surface area contributed by atoms with E-state index >= 15 is 0 Å². The van der Waals surface area contributed by atoms with Crippen molar-refractivity contribution in [3.63, 3.8) is 0 Å². The predicted octanol–water partition coefficient (Wildman–Crippen LogP) is 1.53. The molecular formula is C10H13ClN4O3. The van der Waals surface area contributed by atoms with E-state index in [1.807, 2.05) is 0 Å². The molecule has 7 nitrogen and oxygen atoms in total. The van der Waals surface area contributed by atoms with Gasteiger partial charge in [0.2, 0.25) is 11.7 Å². The maximum Gasteiger partial charge on any atom is 0.312 e. The minimum atomic E-state index is -0.574. The van der Waals surface area contributed by atoms with Crippen molar-refractivity contribution in [2.24, 2.45) is 0 Å². The molecule has 0 fully saturated rings. The van der Waals surface area contributed by atoms with Gasteiger partial charge in [0.15, 0.2) is 0 Å². The Kier molecular flexibility index (Phi) is 4.85. The largest absolute Gasteiger partial charge is 0.364 e. The first-order valence-corrected chi connectivity index (χ1v) is 5.53. The van der Waals surface area contributed by atoms with E-state index in [-0.39, 0.29) is 35.4 Å². The quantitative estimate of drug-likeness (QED) is 0.649. The molecule has 0 aliphatic rings. The number of amides is 1. The molecule has 0 aliphatic heterocycles. The number of nitrogens with one attached hydrogen (secondary N) is 1. The summed E-state index contributed by atoms with van der Waals surface area (Å²) in [7, 11) is 3.29. The van der Waals surface area contributed by atoms with E-state index in [0.717, 1.165) is 0 Å². The van der Waals surface area contributed by atoms with Crippen LogP contribution in [0.5, 0.6) is 0 Å². The third-order valence-corrected chi connectivity index (χ3v) is 2.37. The van der Waals surface area contributed by atoms with Crippen LogP contribution < -0.4 is 5.32 Å². The summed E-state index contributed by atoms with van der Waals surface area (Å²) in [4.78, 5) is 26.8. The van der Waals surface area contributed by atoms with Crippen molar-refractivity contribution in [3.05, 3.63) is 27.4 Å². The Balaban J connectivity index is 2.68. The molecule has 8 heteroatoms. The van der Waals surface area contributed by atoms with Gasteiger partial charge in [-0.15, -0.1) is 0 Å². The number of hydrogen-bond donors (Lipinski definition) is 1. The first kappa shape index (κ1) is 14.2. The monoisotopic (exact) mass is 272 g/mol. The molecule has 0 radical (unpaired) electrons. The molecule has 0 unspecified atom stereocenters. The highest BCUT2D eigenvalue weighted by Crippen LogP contribution is 2.24. The van der Waals surface area contributed by atoms with E-state index in [1.54, 1.807) is 14.1 Å². The fourth-order valence-electron chi connectivity index (χ4n) is 1.22. The lowest BCUT2D eigenvalue weighted by Crippen LogP contribution is -2.24. The van der Waals surface area contributed by atoms with Crippen LogP contribution in [-0.4, -0.2) is 41.4 Å². The minimum absolute atomic E-state index is 0.0703. The van der Waals surface area contributed by atoms with Crippen LogP contribution in [0.15, 0.2) is 12.3 Å². The molecule has 0 aromatic carbocycles. The first-order chi connectivity index (χ1) is 8.41. The van der Waals surface area contributed by atoms with Crippen LogP contribution in [0, 0.1) is 10.1 Å². The van der Waals surface area contributed by atoms with Gasteiger partial charge in [-0.05, 0) is 0 Å². The average Bonchev–Trinajstić information content (AvgIpc) is 2.30. The van der Waals surface area contributed by atoms with Crippen LogP contribution in [-0.2, 0) is 4.79 Å². The molecule has 0 saturated heterocycles. The molecule has 0 aliphatic carbocycles. The van der Waals surface area contributed by atoms with Gasteiger partial charge in [0.25, 0.3) is 0 Å². The summed E-state index contributed by atoms with van der Waals surface area (Å²) in [5, 5.41) is 13.7. The lowest BCUT2D eigenvalue weighted by molar-refractivity contribution is -0.384. The number of carbonyl (C=O) groups is 1. The topological polar surface area (TPSA) is 88.4 Å². The van der Waals surface area contributed by atoms with Gasteiger partial charge in [-0.3, -0.25) is 14.9 Å². The highest BCUT2D eigenvalue weighted by Gasteiger charge is 2.16. The third kappa shape index (κ3) is 3.85. The molecule has 1 aromatic heterocycles. The highest BCUT2D eigenvalue weighted by molar-refractivity contribution is 6.30. The zero-order chi connectivity index (χ0) is 13.7. The van der Waals surface area contributed by atoms with Gasteiger partial charge in [-0.2, -0.15) is 0 Å². The van der Waals surface area contributed by atoms with E-state index in [0.29, 0.717) is 0 Å². The number of nitrogens with zero attached hydrogens (tertiary/aromatic N) is 3. The van der Waals surface area contributed by atoms with Crippen molar-refractivity contribution in [2.45, 2.75) is 6.42 Å². The second-order valence-electron chi connectivity index (χ2n) is 3.74. The van der Waals surface area contributed by atoms with Crippen LogP contribution in [0.4, 0.5) is 11.5 Å². The average molecular weight is 273 g/mol. The Morgan fingerprint density at radius 1 is 1.61 bits per heavy atom. The summed E-state index contributed by atoms with van der Waals surface area (Å²) in [6, 6.07) is 1.21. The first-order valence-electron chi connectivity index (χ1n) is 5.15. The molecule has 0 spiro atoms. The Labute approximate surface area is 109 Å². The molecule has 1 N–H and O–H groups in total. The minimum Gasteiger partial charge on any atom is -0.364 e. The summed E-state index contributed by atoms with van der Waals surface area (Å²) in [6.45, 7) is 0.270. The van der Waals surface area contributed by atoms with E-state index in [2.05, 4.69) is 10.3 Å². The summed E-state index contributed by atoms with van der Waals surface area (Å²) in [5.74, 6) is 0.0371. The number of hydrogen-bond acceptors (Lipinski definition) is 5. The molecule has 18 heavy (non-hydrogen) atoms. The normalized spacial score (nSPS) is 9.94. The summed E-state index contributed by atoms with van der Waals surface area (Å²) >= 11 is 5.63. The Morgan fingerprint density at radius 2 is 2.28 bits per heavy atom. The van der Waals surface area contributed by atoms with Crippen molar-refractivity contribution in [1.82, 2.24) is 9.88 Å². The number of anilines is 1. The molecule has 0 bridgehead atoms. The van der Waals surface area contributed by atoms with E-state index in [4.69, 9.17) is 11.6 Å². The number of aromatic nitrogens is 1. The van der Waals surface area contributed by atoms with Gasteiger partial charge in [-0.25, -0.2) is 4.98 Å². The molecule has 1 rings (SSSR count). The standard InChI is InChI=1S/C10H13ClN4O3/c1-14(2)9(16)3-4-12-10-8(15(17)18)5-7(11)6-13-10/h5-6H,3-4H2,1-2H3,(H,12,13). The number of halogens is 1. The van der Waals surface area contributed by atoms with Crippen LogP contribution in [0.3, 0.4) is 0 Å². The van der Waals surface area contributed by atoms with Crippen LogP contribution in [0.2, 0.25) is 5.02 Å². The molecule has 0 saturated carbocycles. The van der Waals surface area contributed by atoms with Gasteiger partial charge < -0.3 is 10.2 Å². The third-order valence-electron chi connectivity index (χ3n) is 2.16. The molecule has 1 amide bonds. The SMILES string of the molecule is CN(C)C(=O)CCNc1ncc(Cl)cc1[N+](=O)[O-]. The van der Waals surface area contributed by atoms with Crippen molar-refractivity contribution >= 4 is 29.0 Å². The lowest BCUT2D eigenvalue weighted by Gasteiger charge is -2.10. The van der Waals surface area contributed by atoms with Gasteiger partial charge in [0.1, 0.15) is 0 Å². The van der Waals surface area contributed by atoms with E-state index in [1.165, 1.54) is 17.2 Å². The Bertz CT molecular complexity index is 464. The Morgan fingerprint density at radius 3 is 2.83 bits per heavy atom. The molecule has 1 heterocycles. The highest BCUT2D eigenvalue weighted by atomic mass is 35.5. The summed E-state index contributed by atoms with van der Waals surface area (Å²) in [6.07, 6.45) is 1.54. The van der Waals surface area contributed by atoms with Crippen molar-refractivity contribution in [2.75, 3.05) is 26.0 Å². The van der Waals surface area contributed by atoms with Crippen LogP contribution in [0.25, 0.3) is 0 Å². The fourth-order valence-corrected chi connectivity index (χ4v) is 1.37. The second-order valence-corrected chi connectivity index (χ2v) is 4.18. The van der Waals surface area contributed by atoms with Gasteiger partial charge in [-0.1, -0.05) is 11.6 Å². The van der Waals surface area contributed by atoms with E-state index in [9.17, 15) is 14.9 Å². The smallest absolute Gasteiger partial charge is 0.312 e. The maximum absolute atomic E-state index is 11.3. The van der Waals surface area contributed by atoms with Crippen LogP contribution in [0.1, 0.15) is 6.42 Å². The molecule has 1 aromatic rings. The zero-order valence-corrected chi connectivity index (χ0v) is 10.8. The summed E-state index contributed by atoms with van der Waals surface area (Å²) in [5.41, 5.74) is -0.209. The second kappa shape index (κ2) is 6.15. The van der Waals surface area contributed by atoms with Crippen LogP contribution >= 0.6 is 11.6 Å². The number of nitro groups is 1. The number of rotatable bonds is 5. The number of pyridine rings is 1. The molecule has 98 valence electrons. The lowest BCUT2D eigenvalue weighted by atomic mass is 10.3. The fraction of sp³-hybridized carbons (Fsp3) is 0.400. The van der Waals surface area contributed by atoms with Crippen molar-refractivity contribution in [1.29, 1.82) is 0 Å². The number of carbonyl (C=O) groups excluding carboxylic acids is 1. The molecular weight excluding hydrogens is 260 g/mol. The zero-order valence-electron chi connectivity index (χ0n) is 10.0.